The minimum absolute atomic E-state index is 0. The second-order valence-electron chi connectivity index (χ2n) is 6.40. The van der Waals surface area contributed by atoms with Gasteiger partial charge in [0.25, 0.3) is 0 Å². The second kappa shape index (κ2) is 8.53. The van der Waals surface area contributed by atoms with E-state index in [1.54, 1.807) is 0 Å². The number of rotatable bonds is 5. The molecule has 0 radical (unpaired) electrons. The van der Waals surface area contributed by atoms with Crippen LogP contribution in [0, 0.1) is 0 Å². The summed E-state index contributed by atoms with van der Waals surface area (Å²) in [5.74, 6) is 0.979. The van der Waals surface area contributed by atoms with Crippen LogP contribution in [0.5, 0.6) is 0 Å². The van der Waals surface area contributed by atoms with Crippen molar-refractivity contribution in [3.05, 3.63) is 0 Å². The molecule has 3 aliphatic rings. The number of hydrogen-bond donors (Lipinski definition) is 2. The molecule has 0 bridgehead atoms. The van der Waals surface area contributed by atoms with Gasteiger partial charge in [-0.25, -0.2) is 0 Å². The number of halogens is 1. The van der Waals surface area contributed by atoms with E-state index in [-0.39, 0.29) is 24.0 Å². The topological polar surface area (TPSA) is 42.9 Å². The number of guanidine groups is 1. The molecule has 0 amide bonds. The molecule has 0 aromatic heterocycles. The number of nitrogens with zero attached hydrogens (tertiary/aromatic N) is 3. The highest BCUT2D eigenvalue weighted by Gasteiger charge is 2.34. The fourth-order valence-electron chi connectivity index (χ4n) is 3.40. The van der Waals surface area contributed by atoms with Gasteiger partial charge >= 0.3 is 0 Å². The fourth-order valence-corrected chi connectivity index (χ4v) is 3.40. The third-order valence-electron chi connectivity index (χ3n) is 4.77. The molecular formula is C15H30IN5. The Kier molecular flexibility index (Phi) is 7.01. The van der Waals surface area contributed by atoms with Crippen LogP contribution in [-0.2, 0) is 0 Å². The van der Waals surface area contributed by atoms with Gasteiger partial charge in [0.1, 0.15) is 0 Å². The lowest BCUT2D eigenvalue weighted by Crippen LogP contribution is -2.46. The first-order chi connectivity index (χ1) is 9.85. The van der Waals surface area contributed by atoms with E-state index < -0.39 is 0 Å². The summed E-state index contributed by atoms with van der Waals surface area (Å²) in [4.78, 5) is 9.53. The van der Waals surface area contributed by atoms with Gasteiger partial charge in [0.15, 0.2) is 5.96 Å². The van der Waals surface area contributed by atoms with Crippen LogP contribution in [-0.4, -0.2) is 74.2 Å². The molecule has 0 aromatic carbocycles. The predicted molar refractivity (Wildman–Crippen MR) is 98.6 cm³/mol. The highest BCUT2D eigenvalue weighted by Crippen LogP contribution is 2.29. The van der Waals surface area contributed by atoms with Gasteiger partial charge < -0.3 is 15.5 Å². The average molecular weight is 407 g/mol. The first-order valence-corrected chi connectivity index (χ1v) is 8.29. The highest BCUT2D eigenvalue weighted by atomic mass is 127. The predicted octanol–water partition coefficient (Wildman–Crippen LogP) is 1.10. The maximum Gasteiger partial charge on any atom is 0.191 e. The highest BCUT2D eigenvalue weighted by molar-refractivity contribution is 14.0. The second-order valence-corrected chi connectivity index (χ2v) is 6.40. The summed E-state index contributed by atoms with van der Waals surface area (Å²) >= 11 is 0. The number of aliphatic imine (C=N–C) groups is 1. The van der Waals surface area contributed by atoms with Crippen LogP contribution >= 0.6 is 24.0 Å². The zero-order chi connectivity index (χ0) is 13.8. The smallest absolute Gasteiger partial charge is 0.191 e. The minimum atomic E-state index is 0. The monoisotopic (exact) mass is 407 g/mol. The van der Waals surface area contributed by atoms with Gasteiger partial charge in [0, 0.05) is 45.3 Å². The first-order valence-electron chi connectivity index (χ1n) is 8.29. The number of likely N-dealkylation sites (tertiary alicyclic amines) is 2. The van der Waals surface area contributed by atoms with Crippen molar-refractivity contribution in [3.63, 3.8) is 0 Å². The molecule has 1 unspecified atom stereocenters. The maximum absolute atomic E-state index is 4.36. The molecule has 2 N–H and O–H groups in total. The van der Waals surface area contributed by atoms with E-state index in [1.807, 2.05) is 7.05 Å². The quantitative estimate of drug-likeness (QED) is 0.407. The molecule has 1 saturated carbocycles. The maximum atomic E-state index is 4.36. The van der Waals surface area contributed by atoms with E-state index >= 15 is 0 Å². The third kappa shape index (κ3) is 5.25. The van der Waals surface area contributed by atoms with Crippen molar-refractivity contribution in [1.29, 1.82) is 0 Å². The number of nitrogens with one attached hydrogen (secondary N) is 2. The fraction of sp³-hybridized carbons (Fsp3) is 0.933. The Bertz CT molecular complexity index is 339. The van der Waals surface area contributed by atoms with Crippen molar-refractivity contribution < 1.29 is 0 Å². The van der Waals surface area contributed by atoms with Gasteiger partial charge in [-0.3, -0.25) is 9.89 Å². The van der Waals surface area contributed by atoms with Crippen LogP contribution < -0.4 is 10.6 Å². The van der Waals surface area contributed by atoms with Crippen LogP contribution in [0.2, 0.25) is 0 Å². The summed E-state index contributed by atoms with van der Waals surface area (Å²) in [5.41, 5.74) is 0. The van der Waals surface area contributed by atoms with Crippen molar-refractivity contribution in [1.82, 2.24) is 20.4 Å². The Morgan fingerprint density at radius 3 is 2.57 bits per heavy atom. The van der Waals surface area contributed by atoms with Crippen LogP contribution in [0.25, 0.3) is 0 Å². The van der Waals surface area contributed by atoms with Gasteiger partial charge in [-0.15, -0.1) is 24.0 Å². The summed E-state index contributed by atoms with van der Waals surface area (Å²) in [6.45, 7) is 7.13. The summed E-state index contributed by atoms with van der Waals surface area (Å²) in [7, 11) is 1.87. The van der Waals surface area contributed by atoms with Crippen molar-refractivity contribution in [3.8, 4) is 0 Å². The summed E-state index contributed by atoms with van der Waals surface area (Å²) in [6, 6.07) is 1.47. The van der Waals surface area contributed by atoms with E-state index in [9.17, 15) is 0 Å². The Labute approximate surface area is 145 Å². The molecule has 2 heterocycles. The molecule has 0 spiro atoms. The van der Waals surface area contributed by atoms with Crippen molar-refractivity contribution >= 4 is 29.9 Å². The molecule has 122 valence electrons. The lowest BCUT2D eigenvalue weighted by atomic mass is 10.3. The molecule has 1 aliphatic carbocycles. The van der Waals surface area contributed by atoms with Gasteiger partial charge in [0.2, 0.25) is 0 Å². The lowest BCUT2D eigenvalue weighted by Gasteiger charge is -2.20. The molecule has 3 rings (SSSR count). The van der Waals surface area contributed by atoms with Crippen molar-refractivity contribution in [2.24, 2.45) is 4.99 Å². The van der Waals surface area contributed by atoms with Crippen LogP contribution in [0.3, 0.4) is 0 Å². The molecule has 2 aliphatic heterocycles. The van der Waals surface area contributed by atoms with Crippen LogP contribution in [0.15, 0.2) is 4.99 Å². The Hall–Kier alpha value is -0.0800. The largest absolute Gasteiger partial charge is 0.355 e. The Morgan fingerprint density at radius 2 is 1.90 bits per heavy atom. The zero-order valence-electron chi connectivity index (χ0n) is 13.2. The molecule has 0 aromatic rings. The van der Waals surface area contributed by atoms with Crippen molar-refractivity contribution in [2.45, 2.75) is 44.2 Å². The zero-order valence-corrected chi connectivity index (χ0v) is 15.5. The molecule has 3 fully saturated rings. The molecule has 2 saturated heterocycles. The van der Waals surface area contributed by atoms with Gasteiger partial charge in [-0.05, 0) is 45.2 Å². The van der Waals surface area contributed by atoms with Gasteiger partial charge in [-0.1, -0.05) is 0 Å². The van der Waals surface area contributed by atoms with E-state index in [0.717, 1.165) is 25.1 Å². The minimum Gasteiger partial charge on any atom is -0.355 e. The van der Waals surface area contributed by atoms with E-state index in [0.29, 0.717) is 6.04 Å². The Morgan fingerprint density at radius 1 is 1.14 bits per heavy atom. The van der Waals surface area contributed by atoms with E-state index in [1.165, 1.54) is 58.3 Å². The SMILES string of the molecule is CN=C(NCCN1CCCC1)NC1CCN(C2CC2)C1.I. The molecule has 21 heavy (non-hydrogen) atoms. The summed E-state index contributed by atoms with van der Waals surface area (Å²) in [6.07, 6.45) is 6.81. The van der Waals surface area contributed by atoms with E-state index in [4.69, 9.17) is 0 Å². The molecule has 1 atom stereocenters. The van der Waals surface area contributed by atoms with Crippen molar-refractivity contribution in [2.75, 3.05) is 46.3 Å². The molecule has 6 heteroatoms. The Balaban J connectivity index is 0.00000161. The summed E-state index contributed by atoms with van der Waals surface area (Å²) < 4.78 is 0. The first kappa shape index (κ1) is 17.3. The lowest BCUT2D eigenvalue weighted by molar-refractivity contribution is 0.321. The normalized spacial score (nSPS) is 27.7. The molecule has 5 nitrogen and oxygen atoms in total. The summed E-state index contributed by atoms with van der Waals surface area (Å²) in [5, 5.41) is 7.04. The molecular weight excluding hydrogens is 377 g/mol. The standard InChI is InChI=1S/C15H29N5.HI/c1-16-15(17-7-11-19-8-2-3-9-19)18-13-6-10-20(12-13)14-4-5-14;/h13-14H,2-12H2,1H3,(H2,16,17,18);1H. The van der Waals surface area contributed by atoms with E-state index in [2.05, 4.69) is 25.4 Å². The third-order valence-corrected chi connectivity index (χ3v) is 4.77. The van der Waals surface area contributed by atoms with Gasteiger partial charge in [-0.2, -0.15) is 0 Å². The average Bonchev–Trinajstić information content (AvgIpc) is 2.99. The number of hydrogen-bond acceptors (Lipinski definition) is 3. The van der Waals surface area contributed by atoms with Crippen LogP contribution in [0.1, 0.15) is 32.1 Å². The van der Waals surface area contributed by atoms with Crippen LogP contribution in [0.4, 0.5) is 0 Å². The van der Waals surface area contributed by atoms with Gasteiger partial charge in [0.05, 0.1) is 0 Å².